The second-order valence-corrected chi connectivity index (χ2v) is 8.69. The molecule has 170 valence electrons. The number of hydrogen-bond acceptors (Lipinski definition) is 6. The highest BCUT2D eigenvalue weighted by atomic mass is 16.3. The van der Waals surface area contributed by atoms with E-state index in [-0.39, 0.29) is 54.4 Å². The Labute approximate surface area is 187 Å². The van der Waals surface area contributed by atoms with Crippen molar-refractivity contribution in [1.29, 1.82) is 0 Å². The molecule has 32 heavy (non-hydrogen) atoms. The van der Waals surface area contributed by atoms with Gasteiger partial charge in [0.1, 0.15) is 17.3 Å². The van der Waals surface area contributed by atoms with Crippen LogP contribution in [0.1, 0.15) is 48.5 Å². The van der Waals surface area contributed by atoms with Crippen molar-refractivity contribution in [2.45, 2.75) is 39.0 Å². The minimum Gasteiger partial charge on any atom is -0.507 e. The summed E-state index contributed by atoms with van der Waals surface area (Å²) >= 11 is 0. The molecular formula is C26H30O6. The molecule has 0 amide bonds. The van der Waals surface area contributed by atoms with Gasteiger partial charge in [0.05, 0.1) is 18.6 Å². The van der Waals surface area contributed by atoms with Crippen molar-refractivity contribution in [2.75, 3.05) is 13.2 Å². The van der Waals surface area contributed by atoms with Crippen molar-refractivity contribution in [2.24, 2.45) is 17.8 Å². The van der Waals surface area contributed by atoms with Gasteiger partial charge in [0.15, 0.2) is 5.78 Å². The van der Waals surface area contributed by atoms with E-state index in [2.05, 4.69) is 0 Å². The first-order valence-corrected chi connectivity index (χ1v) is 11.0. The third-order valence-corrected chi connectivity index (χ3v) is 6.36. The monoisotopic (exact) mass is 438 g/mol. The molecule has 6 heteroatoms. The number of phenols is 1. The molecule has 3 N–H and O–H groups in total. The zero-order valence-corrected chi connectivity index (χ0v) is 18.3. The van der Waals surface area contributed by atoms with E-state index in [0.29, 0.717) is 24.8 Å². The van der Waals surface area contributed by atoms with Gasteiger partial charge >= 0.3 is 0 Å². The molecule has 6 nitrogen and oxygen atoms in total. The molecule has 2 aromatic carbocycles. The van der Waals surface area contributed by atoms with E-state index < -0.39 is 12.5 Å². The minimum atomic E-state index is -0.750. The van der Waals surface area contributed by atoms with Crippen molar-refractivity contribution in [3.05, 3.63) is 53.6 Å². The van der Waals surface area contributed by atoms with Crippen LogP contribution in [0.4, 0.5) is 0 Å². The maximum absolute atomic E-state index is 13.0. The van der Waals surface area contributed by atoms with Gasteiger partial charge in [-0.05, 0) is 60.8 Å². The molecule has 0 spiro atoms. The number of aliphatic hydroxyl groups excluding tert-OH is 2. The Kier molecular flexibility index (Phi) is 7.94. The predicted octanol–water partition coefficient (Wildman–Crippen LogP) is 3.35. The average Bonchev–Trinajstić information content (AvgIpc) is 2.74. The van der Waals surface area contributed by atoms with Crippen molar-refractivity contribution < 1.29 is 29.7 Å². The maximum Gasteiger partial charge on any atom is 0.167 e. The number of aromatic hydroxyl groups is 1. The lowest BCUT2D eigenvalue weighted by atomic mass is 9.72. The Morgan fingerprint density at radius 3 is 2.41 bits per heavy atom. The molecule has 0 aromatic heterocycles. The second kappa shape index (κ2) is 10.7. The van der Waals surface area contributed by atoms with Crippen molar-refractivity contribution in [3.8, 4) is 16.9 Å². The number of ketones is 3. The summed E-state index contributed by atoms with van der Waals surface area (Å²) in [6, 6.07) is 13.0. The Balaban J connectivity index is 1.90. The van der Waals surface area contributed by atoms with Crippen LogP contribution >= 0.6 is 0 Å². The number of carbonyl (C=O) groups is 3. The van der Waals surface area contributed by atoms with Crippen molar-refractivity contribution >= 4 is 17.3 Å². The molecule has 1 aliphatic carbocycles. The van der Waals surface area contributed by atoms with Gasteiger partial charge in [0.25, 0.3) is 0 Å². The third-order valence-electron chi connectivity index (χ3n) is 6.36. The number of phenolic OH excluding ortho intramolecular Hbond substituents is 1. The van der Waals surface area contributed by atoms with Crippen LogP contribution in [0, 0.1) is 17.8 Å². The van der Waals surface area contributed by atoms with Crippen LogP contribution < -0.4 is 0 Å². The smallest absolute Gasteiger partial charge is 0.167 e. The van der Waals surface area contributed by atoms with Crippen LogP contribution in [0.5, 0.6) is 5.75 Å². The molecule has 3 atom stereocenters. The highest BCUT2D eigenvalue weighted by molar-refractivity contribution is 6.03. The van der Waals surface area contributed by atoms with Crippen LogP contribution in [0.3, 0.4) is 0 Å². The molecule has 0 saturated heterocycles. The van der Waals surface area contributed by atoms with Gasteiger partial charge in [-0.15, -0.1) is 0 Å². The van der Waals surface area contributed by atoms with Crippen LogP contribution in [-0.4, -0.2) is 45.9 Å². The molecule has 0 aliphatic heterocycles. The quantitative estimate of drug-likeness (QED) is 0.491. The molecule has 0 fully saturated rings. The molecular weight excluding hydrogens is 408 g/mol. The van der Waals surface area contributed by atoms with E-state index in [4.69, 9.17) is 0 Å². The number of carbonyl (C=O) groups excluding carboxylic acids is 3. The summed E-state index contributed by atoms with van der Waals surface area (Å²) in [5.41, 5.74) is 2.99. The summed E-state index contributed by atoms with van der Waals surface area (Å²) < 4.78 is 0. The number of hydrogen-bond donors (Lipinski definition) is 3. The topological polar surface area (TPSA) is 112 Å². The fraction of sp³-hybridized carbons (Fsp3) is 0.423. The normalized spacial score (nSPS) is 17.5. The van der Waals surface area contributed by atoms with E-state index in [0.717, 1.165) is 16.7 Å². The fourth-order valence-corrected chi connectivity index (χ4v) is 4.91. The summed E-state index contributed by atoms with van der Waals surface area (Å²) in [7, 11) is 0. The first kappa shape index (κ1) is 23.8. The summed E-state index contributed by atoms with van der Waals surface area (Å²) in [4.78, 5) is 36.9. The molecule has 0 saturated carbocycles. The van der Waals surface area contributed by atoms with Gasteiger partial charge in [0, 0.05) is 18.9 Å². The lowest BCUT2D eigenvalue weighted by Crippen LogP contribution is -2.32. The molecule has 0 heterocycles. The van der Waals surface area contributed by atoms with E-state index in [1.807, 2.05) is 36.4 Å². The largest absolute Gasteiger partial charge is 0.507 e. The summed E-state index contributed by atoms with van der Waals surface area (Å²) in [6.45, 7) is 0.785. The second-order valence-electron chi connectivity index (χ2n) is 8.69. The van der Waals surface area contributed by atoms with Crippen molar-refractivity contribution in [3.63, 3.8) is 0 Å². The van der Waals surface area contributed by atoms with Gasteiger partial charge < -0.3 is 15.3 Å². The zero-order valence-electron chi connectivity index (χ0n) is 18.3. The Morgan fingerprint density at radius 1 is 1.06 bits per heavy atom. The Morgan fingerprint density at radius 2 is 1.78 bits per heavy atom. The average molecular weight is 439 g/mol. The summed E-state index contributed by atoms with van der Waals surface area (Å²) in [5, 5.41) is 29.8. The Hall–Kier alpha value is -2.83. The zero-order chi connectivity index (χ0) is 23.3. The van der Waals surface area contributed by atoms with Gasteiger partial charge in [-0.2, -0.15) is 0 Å². The van der Waals surface area contributed by atoms with Gasteiger partial charge in [0.2, 0.25) is 0 Å². The highest BCUT2D eigenvalue weighted by Gasteiger charge is 2.35. The van der Waals surface area contributed by atoms with E-state index in [1.165, 1.54) is 6.92 Å². The molecule has 0 bridgehead atoms. The van der Waals surface area contributed by atoms with Crippen LogP contribution in [0.2, 0.25) is 0 Å². The summed E-state index contributed by atoms with van der Waals surface area (Å²) in [6.07, 6.45) is 1.29. The standard InChI is InChI=1S/C26H30O6/c1-16(29)11-24(31)22(15-28)19(9-10-27)12-17-13-21-20(18-5-3-2-4-6-18)7-8-23(30)26(21)25(32)14-17/h2-8,17,19,22,27-28,30H,9-15H2,1H3. The summed E-state index contributed by atoms with van der Waals surface area (Å²) in [5.74, 6) is -1.96. The first-order chi connectivity index (χ1) is 15.3. The van der Waals surface area contributed by atoms with Crippen LogP contribution in [0.25, 0.3) is 11.1 Å². The lowest BCUT2D eigenvalue weighted by Gasteiger charge is -2.31. The Bertz CT molecular complexity index is 981. The molecule has 1 aliphatic rings. The lowest BCUT2D eigenvalue weighted by molar-refractivity contribution is -0.131. The molecule has 2 aromatic rings. The predicted molar refractivity (Wildman–Crippen MR) is 120 cm³/mol. The number of Topliss-reactive ketones (excluding diaryl/α,β-unsaturated/α-hetero) is 3. The van der Waals surface area contributed by atoms with E-state index >= 15 is 0 Å². The molecule has 0 radical (unpaired) electrons. The first-order valence-electron chi connectivity index (χ1n) is 11.0. The highest BCUT2D eigenvalue weighted by Crippen LogP contribution is 2.41. The van der Waals surface area contributed by atoms with Crippen LogP contribution in [0.15, 0.2) is 42.5 Å². The molecule has 3 rings (SSSR count). The van der Waals surface area contributed by atoms with Gasteiger partial charge in [-0.3, -0.25) is 14.4 Å². The number of fused-ring (bicyclic) bond motifs is 1. The number of aliphatic hydroxyl groups is 2. The van der Waals surface area contributed by atoms with Crippen LogP contribution in [-0.2, 0) is 16.0 Å². The number of rotatable bonds is 10. The van der Waals surface area contributed by atoms with Crippen molar-refractivity contribution in [1.82, 2.24) is 0 Å². The van der Waals surface area contributed by atoms with Gasteiger partial charge in [-0.25, -0.2) is 0 Å². The maximum atomic E-state index is 13.0. The fourth-order valence-electron chi connectivity index (χ4n) is 4.91. The minimum absolute atomic E-state index is 0.0279. The van der Waals surface area contributed by atoms with E-state index in [9.17, 15) is 29.7 Å². The molecule has 3 unspecified atom stereocenters. The van der Waals surface area contributed by atoms with Gasteiger partial charge in [-0.1, -0.05) is 36.4 Å². The number of benzene rings is 2. The third kappa shape index (κ3) is 5.31. The van der Waals surface area contributed by atoms with E-state index in [1.54, 1.807) is 6.07 Å². The SMILES string of the molecule is CC(=O)CC(=O)C(CO)C(CCO)CC1CC(=O)c2c(O)ccc(-c3ccccc3)c2C1.